The van der Waals surface area contributed by atoms with Gasteiger partial charge < -0.3 is 4.40 Å². The summed E-state index contributed by atoms with van der Waals surface area (Å²) in [4.78, 5) is 15.6. The molecule has 2 aromatic rings. The molecule has 1 saturated carbocycles. The Labute approximate surface area is 100 Å². The maximum absolute atomic E-state index is 10.9. The maximum Gasteiger partial charge on any atom is 0.151 e. The van der Waals surface area contributed by atoms with Gasteiger partial charge in [-0.2, -0.15) is 0 Å². The zero-order chi connectivity index (χ0) is 11.8. The van der Waals surface area contributed by atoms with Gasteiger partial charge in [0.2, 0.25) is 0 Å². The van der Waals surface area contributed by atoms with E-state index in [1.54, 1.807) is 0 Å². The molecule has 3 heteroatoms. The predicted octanol–water partition coefficient (Wildman–Crippen LogP) is 3.11. The lowest BCUT2D eigenvalue weighted by Gasteiger charge is -2.07. The highest BCUT2D eigenvalue weighted by Gasteiger charge is 2.22. The van der Waals surface area contributed by atoms with Gasteiger partial charge in [-0.25, -0.2) is 4.98 Å². The molecular weight excluding hydrogens is 212 g/mol. The molecule has 3 nitrogen and oxygen atoms in total. The minimum atomic E-state index is 0.568. The lowest BCUT2D eigenvalue weighted by Crippen LogP contribution is -2.00. The normalized spacial score (nSPS) is 16.8. The molecule has 0 bridgehead atoms. The summed E-state index contributed by atoms with van der Waals surface area (Å²) in [6.45, 7) is 2.04. The Kier molecular flexibility index (Phi) is 2.46. The van der Waals surface area contributed by atoms with Crippen LogP contribution in [0.5, 0.6) is 0 Å². The summed E-state index contributed by atoms with van der Waals surface area (Å²) in [6, 6.07) is 3.85. The van der Waals surface area contributed by atoms with Crippen LogP contribution in [0.4, 0.5) is 0 Å². The van der Waals surface area contributed by atoms with Gasteiger partial charge in [0, 0.05) is 17.7 Å². The van der Waals surface area contributed by atoms with Gasteiger partial charge in [-0.05, 0) is 31.9 Å². The van der Waals surface area contributed by atoms with Crippen LogP contribution >= 0.6 is 0 Å². The Balaban J connectivity index is 2.19. The van der Waals surface area contributed by atoms with Gasteiger partial charge in [-0.1, -0.05) is 12.8 Å². The molecule has 0 atom stereocenters. The van der Waals surface area contributed by atoms with Gasteiger partial charge in [0.25, 0.3) is 0 Å². The highest BCUT2D eigenvalue weighted by Crippen LogP contribution is 2.34. The van der Waals surface area contributed by atoms with Crippen molar-refractivity contribution in [1.29, 1.82) is 0 Å². The summed E-state index contributed by atoms with van der Waals surface area (Å²) in [6.07, 6.45) is 7.86. The second kappa shape index (κ2) is 3.99. The number of pyridine rings is 1. The van der Waals surface area contributed by atoms with E-state index in [0.717, 1.165) is 23.3 Å². The molecule has 88 valence electrons. The Bertz CT molecular complexity index is 565. The second-order valence-corrected chi connectivity index (χ2v) is 4.87. The second-order valence-electron chi connectivity index (χ2n) is 4.87. The van der Waals surface area contributed by atoms with Crippen molar-refractivity contribution < 1.29 is 4.79 Å². The number of nitrogens with zero attached hydrogens (tertiary/aromatic N) is 2. The monoisotopic (exact) mass is 228 g/mol. The largest absolute Gasteiger partial charge is 0.303 e. The summed E-state index contributed by atoms with van der Waals surface area (Å²) in [7, 11) is 0. The van der Waals surface area contributed by atoms with Crippen molar-refractivity contribution in [2.75, 3.05) is 0 Å². The van der Waals surface area contributed by atoms with Crippen molar-refractivity contribution in [1.82, 2.24) is 9.38 Å². The van der Waals surface area contributed by atoms with Crippen LogP contribution in [0.25, 0.3) is 5.52 Å². The minimum absolute atomic E-state index is 0.568. The summed E-state index contributed by atoms with van der Waals surface area (Å²) >= 11 is 0. The number of fused-ring (bicyclic) bond motifs is 1. The van der Waals surface area contributed by atoms with E-state index >= 15 is 0 Å². The third-order valence-corrected chi connectivity index (χ3v) is 3.73. The summed E-state index contributed by atoms with van der Waals surface area (Å²) in [5.41, 5.74) is 2.90. The average molecular weight is 228 g/mol. The lowest BCUT2D eigenvalue weighted by molar-refractivity contribution is 0.112. The number of aldehydes is 1. The quantitative estimate of drug-likeness (QED) is 0.740. The summed E-state index contributed by atoms with van der Waals surface area (Å²) < 4.78 is 2.11. The van der Waals surface area contributed by atoms with E-state index in [1.807, 2.05) is 25.3 Å². The first-order valence-corrected chi connectivity index (χ1v) is 6.23. The van der Waals surface area contributed by atoms with Crippen molar-refractivity contribution in [3.63, 3.8) is 0 Å². The van der Waals surface area contributed by atoms with Gasteiger partial charge in [0.15, 0.2) is 6.29 Å². The molecule has 0 saturated heterocycles. The molecule has 0 aromatic carbocycles. The van der Waals surface area contributed by atoms with Gasteiger partial charge in [-0.3, -0.25) is 4.79 Å². The fourth-order valence-electron chi connectivity index (χ4n) is 2.83. The Morgan fingerprint density at radius 3 is 2.82 bits per heavy atom. The Morgan fingerprint density at radius 1 is 1.35 bits per heavy atom. The standard InChI is InChI=1S/C14H16N2O/c1-10-13-7-6-11(9-17)8-16(13)14(15-10)12-4-2-3-5-12/h6-9,12H,2-5H2,1H3. The fourth-order valence-corrected chi connectivity index (χ4v) is 2.83. The van der Waals surface area contributed by atoms with E-state index < -0.39 is 0 Å². The highest BCUT2D eigenvalue weighted by atomic mass is 16.1. The molecule has 2 aromatic heterocycles. The fraction of sp³-hybridized carbons (Fsp3) is 0.429. The van der Waals surface area contributed by atoms with Crippen LogP contribution in [0.1, 0.15) is 53.5 Å². The average Bonchev–Trinajstić information content (AvgIpc) is 2.97. The number of carbonyl (C=O) groups excluding carboxylic acids is 1. The number of aryl methyl sites for hydroxylation is 1. The molecule has 3 rings (SSSR count). The zero-order valence-electron chi connectivity index (χ0n) is 10.0. The molecule has 0 radical (unpaired) electrons. The highest BCUT2D eigenvalue weighted by molar-refractivity contribution is 5.75. The van der Waals surface area contributed by atoms with Gasteiger partial charge in [0.1, 0.15) is 5.82 Å². The van der Waals surface area contributed by atoms with Crippen LogP contribution in [0.2, 0.25) is 0 Å². The topological polar surface area (TPSA) is 34.4 Å². The third-order valence-electron chi connectivity index (χ3n) is 3.73. The van der Waals surface area contributed by atoms with Crippen LogP contribution in [0, 0.1) is 6.92 Å². The molecule has 0 N–H and O–H groups in total. The van der Waals surface area contributed by atoms with Gasteiger partial charge in [-0.15, -0.1) is 0 Å². The van der Waals surface area contributed by atoms with E-state index in [4.69, 9.17) is 4.98 Å². The first kappa shape index (κ1) is 10.5. The predicted molar refractivity (Wildman–Crippen MR) is 66.5 cm³/mol. The molecule has 0 unspecified atom stereocenters. The van der Waals surface area contributed by atoms with Crippen LogP contribution in [-0.4, -0.2) is 15.7 Å². The third kappa shape index (κ3) is 1.66. The lowest BCUT2D eigenvalue weighted by atomic mass is 10.1. The number of imidazole rings is 1. The number of aromatic nitrogens is 2. The first-order valence-electron chi connectivity index (χ1n) is 6.23. The Morgan fingerprint density at radius 2 is 2.12 bits per heavy atom. The number of carbonyl (C=O) groups is 1. The van der Waals surface area contributed by atoms with Gasteiger partial charge in [0.05, 0.1) is 11.2 Å². The van der Waals surface area contributed by atoms with E-state index in [2.05, 4.69) is 4.40 Å². The first-order chi connectivity index (χ1) is 8.29. The van der Waals surface area contributed by atoms with E-state index in [9.17, 15) is 4.79 Å². The smallest absolute Gasteiger partial charge is 0.151 e. The van der Waals surface area contributed by atoms with Crippen LogP contribution in [-0.2, 0) is 0 Å². The Hall–Kier alpha value is -1.64. The van der Waals surface area contributed by atoms with Gasteiger partial charge >= 0.3 is 0 Å². The van der Waals surface area contributed by atoms with Crippen LogP contribution in [0.3, 0.4) is 0 Å². The molecule has 2 heterocycles. The molecule has 1 aliphatic rings. The summed E-state index contributed by atoms with van der Waals surface area (Å²) in [5, 5.41) is 0. The number of rotatable bonds is 2. The molecule has 0 spiro atoms. The van der Waals surface area contributed by atoms with E-state index in [-0.39, 0.29) is 0 Å². The minimum Gasteiger partial charge on any atom is -0.303 e. The molecule has 17 heavy (non-hydrogen) atoms. The molecule has 0 aliphatic heterocycles. The van der Waals surface area contributed by atoms with Crippen molar-refractivity contribution in [3.05, 3.63) is 35.4 Å². The number of hydrogen-bond donors (Lipinski definition) is 0. The SMILES string of the molecule is Cc1nc(C2CCCC2)n2cc(C=O)ccc12. The van der Waals surface area contributed by atoms with Crippen LogP contribution < -0.4 is 0 Å². The van der Waals surface area contributed by atoms with E-state index in [1.165, 1.54) is 25.7 Å². The van der Waals surface area contributed by atoms with Crippen molar-refractivity contribution >= 4 is 11.8 Å². The molecule has 0 amide bonds. The molecule has 1 aliphatic carbocycles. The molecular formula is C14H16N2O. The zero-order valence-corrected chi connectivity index (χ0v) is 10.0. The summed E-state index contributed by atoms with van der Waals surface area (Å²) in [5.74, 6) is 1.71. The van der Waals surface area contributed by atoms with Crippen molar-refractivity contribution in [2.24, 2.45) is 0 Å². The number of hydrogen-bond acceptors (Lipinski definition) is 2. The van der Waals surface area contributed by atoms with E-state index in [0.29, 0.717) is 11.5 Å². The van der Waals surface area contributed by atoms with Crippen molar-refractivity contribution in [3.8, 4) is 0 Å². The maximum atomic E-state index is 10.9. The van der Waals surface area contributed by atoms with Crippen molar-refractivity contribution in [2.45, 2.75) is 38.5 Å². The van der Waals surface area contributed by atoms with Crippen LogP contribution in [0.15, 0.2) is 18.3 Å². The molecule has 1 fully saturated rings.